The Kier molecular flexibility index (Phi) is 4.57. The summed E-state index contributed by atoms with van der Waals surface area (Å²) in [4.78, 5) is 10.7. The van der Waals surface area contributed by atoms with Crippen LogP contribution in [-0.2, 0) is 11.3 Å². The van der Waals surface area contributed by atoms with Crippen LogP contribution in [0.3, 0.4) is 0 Å². The zero-order valence-electron chi connectivity index (χ0n) is 9.71. The van der Waals surface area contributed by atoms with Crippen molar-refractivity contribution in [3.05, 3.63) is 35.4 Å². The molecule has 0 spiro atoms. The summed E-state index contributed by atoms with van der Waals surface area (Å²) in [6.45, 7) is 3.62. The van der Waals surface area contributed by atoms with E-state index in [0.717, 1.165) is 12.1 Å². The van der Waals surface area contributed by atoms with Gasteiger partial charge in [0, 0.05) is 12.6 Å². The lowest BCUT2D eigenvalue weighted by Crippen LogP contribution is -2.35. The van der Waals surface area contributed by atoms with Gasteiger partial charge in [-0.1, -0.05) is 13.0 Å². The first-order valence-electron chi connectivity index (χ1n) is 5.32. The van der Waals surface area contributed by atoms with E-state index in [9.17, 15) is 13.6 Å². The topological polar surface area (TPSA) is 49.3 Å². The Morgan fingerprint density at radius 2 is 2.00 bits per heavy atom. The number of benzene rings is 1. The lowest BCUT2D eigenvalue weighted by atomic mass is 10.0. The fraction of sp³-hybridized carbons (Fsp3) is 0.417. The highest BCUT2D eigenvalue weighted by molar-refractivity contribution is 5.70. The first-order chi connectivity index (χ1) is 7.91. The lowest BCUT2D eigenvalue weighted by Gasteiger charge is -2.17. The molecule has 1 rings (SSSR count). The van der Waals surface area contributed by atoms with Crippen molar-refractivity contribution in [1.29, 1.82) is 0 Å². The number of carboxylic acids is 1. The molecule has 5 heteroatoms. The van der Waals surface area contributed by atoms with Crippen molar-refractivity contribution in [1.82, 2.24) is 5.32 Å². The number of aliphatic carboxylic acids is 1. The highest BCUT2D eigenvalue weighted by Crippen LogP contribution is 2.09. The third kappa shape index (κ3) is 3.78. The zero-order valence-corrected chi connectivity index (χ0v) is 9.71. The number of hydrogen-bond acceptors (Lipinski definition) is 2. The van der Waals surface area contributed by atoms with Gasteiger partial charge in [-0.15, -0.1) is 0 Å². The van der Waals surface area contributed by atoms with Gasteiger partial charge in [-0.25, -0.2) is 8.78 Å². The maximum absolute atomic E-state index is 12.9. The molecule has 94 valence electrons. The van der Waals surface area contributed by atoms with Crippen LogP contribution in [0.2, 0.25) is 0 Å². The first kappa shape index (κ1) is 13.6. The van der Waals surface area contributed by atoms with E-state index >= 15 is 0 Å². The van der Waals surface area contributed by atoms with Gasteiger partial charge in [-0.2, -0.15) is 0 Å². The van der Waals surface area contributed by atoms with Crippen molar-refractivity contribution < 1.29 is 18.7 Å². The molecule has 1 aromatic rings. The van der Waals surface area contributed by atoms with Crippen LogP contribution in [0.1, 0.15) is 19.4 Å². The largest absolute Gasteiger partial charge is 0.481 e. The molecule has 0 bridgehead atoms. The SMILES string of the molecule is CC(NCc1ccc(F)c(F)c1)C(C)C(=O)O. The molecule has 0 saturated heterocycles. The van der Waals surface area contributed by atoms with E-state index in [2.05, 4.69) is 5.32 Å². The van der Waals surface area contributed by atoms with Gasteiger partial charge in [0.2, 0.25) is 0 Å². The molecule has 0 heterocycles. The van der Waals surface area contributed by atoms with Gasteiger partial charge in [0.1, 0.15) is 0 Å². The van der Waals surface area contributed by atoms with Crippen LogP contribution in [0.5, 0.6) is 0 Å². The standard InChI is InChI=1S/C12H15F2NO2/c1-7(12(16)17)8(2)15-6-9-3-4-10(13)11(14)5-9/h3-5,7-8,15H,6H2,1-2H3,(H,16,17). The summed E-state index contributed by atoms with van der Waals surface area (Å²) < 4.78 is 25.6. The van der Waals surface area contributed by atoms with Crippen molar-refractivity contribution in [2.75, 3.05) is 0 Å². The Morgan fingerprint density at radius 3 is 2.53 bits per heavy atom. The third-order valence-corrected chi connectivity index (χ3v) is 2.75. The fourth-order valence-corrected chi connectivity index (χ4v) is 1.32. The average Bonchev–Trinajstić information content (AvgIpc) is 2.29. The fourth-order valence-electron chi connectivity index (χ4n) is 1.32. The van der Waals surface area contributed by atoms with Crippen molar-refractivity contribution in [2.45, 2.75) is 26.4 Å². The van der Waals surface area contributed by atoms with E-state index < -0.39 is 23.5 Å². The molecule has 0 amide bonds. The highest BCUT2D eigenvalue weighted by atomic mass is 19.2. The molecule has 17 heavy (non-hydrogen) atoms. The Hall–Kier alpha value is -1.49. The van der Waals surface area contributed by atoms with Crippen molar-refractivity contribution in [2.24, 2.45) is 5.92 Å². The van der Waals surface area contributed by atoms with Crippen LogP contribution in [0, 0.1) is 17.6 Å². The Morgan fingerprint density at radius 1 is 1.35 bits per heavy atom. The second-order valence-electron chi connectivity index (χ2n) is 4.04. The summed E-state index contributed by atoms with van der Waals surface area (Å²) in [5.74, 6) is -3.22. The number of rotatable bonds is 5. The van der Waals surface area contributed by atoms with Crippen LogP contribution in [0.15, 0.2) is 18.2 Å². The van der Waals surface area contributed by atoms with Gasteiger partial charge < -0.3 is 10.4 Å². The molecule has 0 aromatic heterocycles. The predicted octanol–water partition coefficient (Wildman–Crippen LogP) is 2.16. The molecular formula is C12H15F2NO2. The summed E-state index contributed by atoms with van der Waals surface area (Å²) in [5.41, 5.74) is 0.577. The number of carboxylic acid groups (broad SMARTS) is 1. The van der Waals surface area contributed by atoms with E-state index in [1.165, 1.54) is 6.07 Å². The second-order valence-corrected chi connectivity index (χ2v) is 4.04. The van der Waals surface area contributed by atoms with Crippen molar-refractivity contribution in [3.8, 4) is 0 Å². The molecular weight excluding hydrogens is 228 g/mol. The van der Waals surface area contributed by atoms with Crippen LogP contribution < -0.4 is 5.32 Å². The zero-order chi connectivity index (χ0) is 13.0. The lowest BCUT2D eigenvalue weighted by molar-refractivity contribution is -0.141. The van der Waals surface area contributed by atoms with Gasteiger partial charge in [-0.05, 0) is 24.6 Å². The number of halogens is 2. The van der Waals surface area contributed by atoms with Gasteiger partial charge in [0.25, 0.3) is 0 Å². The molecule has 1 aromatic carbocycles. The molecule has 3 nitrogen and oxygen atoms in total. The van der Waals surface area contributed by atoms with Gasteiger partial charge in [0.15, 0.2) is 11.6 Å². The number of hydrogen-bond donors (Lipinski definition) is 2. The predicted molar refractivity (Wildman–Crippen MR) is 59.5 cm³/mol. The molecule has 0 radical (unpaired) electrons. The molecule has 0 aliphatic heterocycles. The van der Waals surface area contributed by atoms with Gasteiger partial charge in [-0.3, -0.25) is 4.79 Å². The van der Waals surface area contributed by atoms with Crippen molar-refractivity contribution in [3.63, 3.8) is 0 Å². The van der Waals surface area contributed by atoms with Gasteiger partial charge in [0.05, 0.1) is 5.92 Å². The maximum Gasteiger partial charge on any atom is 0.307 e. The Balaban J connectivity index is 2.55. The summed E-state index contributed by atoms with van der Waals surface area (Å²) in [6.07, 6.45) is 0. The first-order valence-corrected chi connectivity index (χ1v) is 5.32. The smallest absolute Gasteiger partial charge is 0.307 e. The molecule has 2 atom stereocenters. The molecule has 0 fully saturated rings. The minimum absolute atomic E-state index is 0.249. The van der Waals surface area contributed by atoms with Crippen molar-refractivity contribution >= 4 is 5.97 Å². The van der Waals surface area contributed by atoms with E-state index in [1.807, 2.05) is 0 Å². The van der Waals surface area contributed by atoms with E-state index in [0.29, 0.717) is 12.1 Å². The monoisotopic (exact) mass is 243 g/mol. The summed E-state index contributed by atoms with van der Waals surface area (Å²) >= 11 is 0. The number of nitrogens with one attached hydrogen (secondary N) is 1. The summed E-state index contributed by atoms with van der Waals surface area (Å²) in [5, 5.41) is 11.7. The van der Waals surface area contributed by atoms with Crippen LogP contribution in [0.4, 0.5) is 8.78 Å². The average molecular weight is 243 g/mol. The van der Waals surface area contributed by atoms with E-state index in [4.69, 9.17) is 5.11 Å². The maximum atomic E-state index is 12.9. The molecule has 0 aliphatic rings. The summed E-state index contributed by atoms with van der Waals surface area (Å²) in [7, 11) is 0. The second kappa shape index (κ2) is 5.72. The Bertz CT molecular complexity index is 409. The minimum Gasteiger partial charge on any atom is -0.481 e. The Labute approximate surface area is 98.5 Å². The number of carbonyl (C=O) groups is 1. The third-order valence-electron chi connectivity index (χ3n) is 2.75. The normalized spacial score (nSPS) is 14.4. The molecule has 2 N–H and O–H groups in total. The minimum atomic E-state index is -0.900. The molecule has 2 unspecified atom stereocenters. The van der Waals surface area contributed by atoms with Crippen LogP contribution in [0.25, 0.3) is 0 Å². The van der Waals surface area contributed by atoms with Gasteiger partial charge >= 0.3 is 5.97 Å². The summed E-state index contributed by atoms with van der Waals surface area (Å²) in [6, 6.07) is 3.36. The van der Waals surface area contributed by atoms with E-state index in [-0.39, 0.29) is 6.04 Å². The van der Waals surface area contributed by atoms with Crippen LogP contribution >= 0.6 is 0 Å². The van der Waals surface area contributed by atoms with E-state index in [1.54, 1.807) is 13.8 Å². The quantitative estimate of drug-likeness (QED) is 0.833. The van der Waals surface area contributed by atoms with Crippen LogP contribution in [-0.4, -0.2) is 17.1 Å². The molecule has 0 saturated carbocycles. The molecule has 0 aliphatic carbocycles. The highest BCUT2D eigenvalue weighted by Gasteiger charge is 2.18.